The van der Waals surface area contributed by atoms with Crippen molar-refractivity contribution in [2.24, 2.45) is 0 Å². The SMILES string of the molecule is Cc1nc(CC(O)c2ccc(F)c(F)c2Br)sc1C. The fourth-order valence-corrected chi connectivity index (χ4v) is 3.26. The second kappa shape index (κ2) is 5.64. The zero-order chi connectivity index (χ0) is 14.2. The third kappa shape index (κ3) is 3.01. The van der Waals surface area contributed by atoms with Crippen molar-refractivity contribution in [3.05, 3.63) is 49.4 Å². The van der Waals surface area contributed by atoms with Crippen LogP contribution in [0.5, 0.6) is 0 Å². The van der Waals surface area contributed by atoms with Crippen LogP contribution in [-0.4, -0.2) is 10.1 Å². The van der Waals surface area contributed by atoms with Crippen molar-refractivity contribution < 1.29 is 13.9 Å². The second-order valence-corrected chi connectivity index (χ2v) is 6.31. The maximum atomic E-state index is 13.4. The number of hydrogen-bond acceptors (Lipinski definition) is 3. The number of rotatable bonds is 3. The van der Waals surface area contributed by atoms with Gasteiger partial charge in [-0.25, -0.2) is 13.8 Å². The molecule has 0 fully saturated rings. The fourth-order valence-electron chi connectivity index (χ4n) is 1.70. The molecular weight excluding hydrogens is 336 g/mol. The maximum absolute atomic E-state index is 13.4. The van der Waals surface area contributed by atoms with Crippen LogP contribution in [-0.2, 0) is 6.42 Å². The Balaban J connectivity index is 2.25. The summed E-state index contributed by atoms with van der Waals surface area (Å²) in [5.41, 5.74) is 1.25. The number of aryl methyl sites for hydroxylation is 2. The number of aromatic nitrogens is 1. The summed E-state index contributed by atoms with van der Waals surface area (Å²) in [6.45, 7) is 3.85. The van der Waals surface area contributed by atoms with E-state index in [0.29, 0.717) is 5.56 Å². The molecule has 0 saturated carbocycles. The van der Waals surface area contributed by atoms with Crippen LogP contribution in [0.3, 0.4) is 0 Å². The van der Waals surface area contributed by atoms with E-state index in [4.69, 9.17) is 0 Å². The van der Waals surface area contributed by atoms with Gasteiger partial charge in [0.2, 0.25) is 0 Å². The number of hydrogen-bond donors (Lipinski definition) is 1. The molecule has 2 nitrogen and oxygen atoms in total. The summed E-state index contributed by atoms with van der Waals surface area (Å²) in [4.78, 5) is 5.41. The van der Waals surface area contributed by atoms with Gasteiger partial charge in [0.1, 0.15) is 0 Å². The number of benzene rings is 1. The van der Waals surface area contributed by atoms with Gasteiger partial charge in [-0.2, -0.15) is 0 Å². The van der Waals surface area contributed by atoms with Crippen molar-refractivity contribution in [2.75, 3.05) is 0 Å². The predicted molar refractivity (Wildman–Crippen MR) is 74.3 cm³/mol. The number of thiazole rings is 1. The molecule has 0 aliphatic rings. The lowest BCUT2D eigenvalue weighted by Gasteiger charge is -2.12. The van der Waals surface area contributed by atoms with Gasteiger partial charge >= 0.3 is 0 Å². The van der Waals surface area contributed by atoms with Crippen molar-refractivity contribution in [3.63, 3.8) is 0 Å². The van der Waals surface area contributed by atoms with E-state index in [1.54, 1.807) is 0 Å². The van der Waals surface area contributed by atoms with Crippen LogP contribution in [0.1, 0.15) is 27.2 Å². The highest BCUT2D eigenvalue weighted by Gasteiger charge is 2.19. The first kappa shape index (κ1) is 14.6. The third-order valence-electron chi connectivity index (χ3n) is 2.86. The highest BCUT2D eigenvalue weighted by molar-refractivity contribution is 9.10. The van der Waals surface area contributed by atoms with Crippen LogP contribution in [0.2, 0.25) is 0 Å². The van der Waals surface area contributed by atoms with Crippen LogP contribution in [0.15, 0.2) is 16.6 Å². The lowest BCUT2D eigenvalue weighted by molar-refractivity contribution is 0.176. The van der Waals surface area contributed by atoms with E-state index in [1.807, 2.05) is 13.8 Å². The summed E-state index contributed by atoms with van der Waals surface area (Å²) in [7, 11) is 0. The lowest BCUT2D eigenvalue weighted by atomic mass is 10.1. The van der Waals surface area contributed by atoms with Crippen LogP contribution in [0.25, 0.3) is 0 Å². The molecule has 0 amide bonds. The van der Waals surface area contributed by atoms with Crippen LogP contribution in [0, 0.1) is 25.5 Å². The van der Waals surface area contributed by atoms with E-state index in [9.17, 15) is 13.9 Å². The van der Waals surface area contributed by atoms with E-state index >= 15 is 0 Å². The summed E-state index contributed by atoms with van der Waals surface area (Å²) in [6.07, 6.45) is -0.641. The largest absolute Gasteiger partial charge is 0.388 e. The minimum atomic E-state index is -0.983. The first-order valence-electron chi connectivity index (χ1n) is 5.64. The highest BCUT2D eigenvalue weighted by atomic mass is 79.9. The molecule has 1 N–H and O–H groups in total. The minimum absolute atomic E-state index is 0.0370. The molecule has 0 bridgehead atoms. The average Bonchev–Trinajstić information content (AvgIpc) is 2.65. The third-order valence-corrected chi connectivity index (χ3v) is 4.77. The number of halogens is 3. The maximum Gasteiger partial charge on any atom is 0.173 e. The molecule has 1 unspecified atom stereocenters. The molecule has 2 aromatic rings. The Morgan fingerprint density at radius 2 is 2.05 bits per heavy atom. The number of aliphatic hydroxyl groups excluding tert-OH is 1. The molecule has 19 heavy (non-hydrogen) atoms. The fraction of sp³-hybridized carbons (Fsp3) is 0.308. The van der Waals surface area contributed by atoms with Gasteiger partial charge in [0.15, 0.2) is 11.6 Å². The Kier molecular flexibility index (Phi) is 4.32. The summed E-state index contributed by atoms with van der Waals surface area (Å²) in [6, 6.07) is 2.39. The Morgan fingerprint density at radius 1 is 1.37 bits per heavy atom. The molecule has 0 aliphatic heterocycles. The van der Waals surface area contributed by atoms with Gasteiger partial charge in [0.25, 0.3) is 0 Å². The summed E-state index contributed by atoms with van der Waals surface area (Å²) in [5, 5.41) is 10.9. The molecule has 0 radical (unpaired) electrons. The van der Waals surface area contributed by atoms with Gasteiger partial charge in [0.05, 0.1) is 21.3 Å². The van der Waals surface area contributed by atoms with Crippen LogP contribution < -0.4 is 0 Å². The number of aliphatic hydroxyl groups is 1. The van der Waals surface area contributed by atoms with E-state index in [-0.39, 0.29) is 10.9 Å². The summed E-state index contributed by atoms with van der Waals surface area (Å²) >= 11 is 4.47. The normalized spacial score (nSPS) is 12.7. The Bertz CT molecular complexity index is 595. The van der Waals surface area contributed by atoms with Crippen molar-refractivity contribution >= 4 is 27.3 Å². The lowest BCUT2D eigenvalue weighted by Crippen LogP contribution is -2.04. The molecule has 1 atom stereocenters. The Labute approximate surface area is 122 Å². The molecule has 1 heterocycles. The molecule has 0 aliphatic carbocycles. The van der Waals surface area contributed by atoms with Crippen LogP contribution in [0.4, 0.5) is 8.78 Å². The zero-order valence-electron chi connectivity index (χ0n) is 10.4. The van der Waals surface area contributed by atoms with Crippen molar-refractivity contribution in [3.8, 4) is 0 Å². The molecule has 6 heteroatoms. The molecule has 0 saturated heterocycles. The van der Waals surface area contributed by atoms with E-state index in [2.05, 4.69) is 20.9 Å². The molecule has 102 valence electrons. The van der Waals surface area contributed by atoms with Gasteiger partial charge in [-0.05, 0) is 41.4 Å². The van der Waals surface area contributed by atoms with Gasteiger partial charge in [-0.1, -0.05) is 6.07 Å². The minimum Gasteiger partial charge on any atom is -0.388 e. The summed E-state index contributed by atoms with van der Waals surface area (Å²) < 4.78 is 26.4. The highest BCUT2D eigenvalue weighted by Crippen LogP contribution is 2.30. The monoisotopic (exact) mass is 347 g/mol. The first-order chi connectivity index (χ1) is 8.90. The van der Waals surface area contributed by atoms with Crippen LogP contribution >= 0.6 is 27.3 Å². The van der Waals surface area contributed by atoms with E-state index in [1.165, 1.54) is 17.4 Å². The molecule has 0 spiro atoms. The predicted octanol–water partition coefficient (Wildman–Crippen LogP) is 4.08. The second-order valence-electron chi connectivity index (χ2n) is 4.23. The molecule has 1 aromatic carbocycles. The van der Waals surface area contributed by atoms with Crippen molar-refractivity contribution in [1.29, 1.82) is 0 Å². The standard InChI is InChI=1S/C13H12BrF2NOS/c1-6-7(2)19-11(17-6)5-10(18)8-3-4-9(15)13(16)12(8)14/h3-4,10,18H,5H2,1-2H3. The van der Waals surface area contributed by atoms with Gasteiger partial charge in [-0.15, -0.1) is 11.3 Å². The smallest absolute Gasteiger partial charge is 0.173 e. The quantitative estimate of drug-likeness (QED) is 0.848. The number of nitrogens with zero attached hydrogens (tertiary/aromatic N) is 1. The Morgan fingerprint density at radius 3 is 2.63 bits per heavy atom. The van der Waals surface area contributed by atoms with Crippen molar-refractivity contribution in [1.82, 2.24) is 4.98 Å². The van der Waals surface area contributed by atoms with Gasteiger partial charge in [0, 0.05) is 11.3 Å². The molecular formula is C13H12BrF2NOS. The first-order valence-corrected chi connectivity index (χ1v) is 7.25. The Hall–Kier alpha value is -0.850. The van der Waals surface area contributed by atoms with Gasteiger partial charge in [-0.3, -0.25) is 0 Å². The topological polar surface area (TPSA) is 33.1 Å². The molecule has 1 aromatic heterocycles. The van der Waals surface area contributed by atoms with Gasteiger partial charge < -0.3 is 5.11 Å². The van der Waals surface area contributed by atoms with E-state index < -0.39 is 17.7 Å². The molecule has 2 rings (SSSR count). The summed E-state index contributed by atoms with van der Waals surface area (Å²) in [5.74, 6) is -1.92. The van der Waals surface area contributed by atoms with Crippen molar-refractivity contribution in [2.45, 2.75) is 26.4 Å². The zero-order valence-corrected chi connectivity index (χ0v) is 12.8. The average molecular weight is 348 g/mol. The van der Waals surface area contributed by atoms with E-state index in [0.717, 1.165) is 21.6 Å².